The highest BCUT2D eigenvalue weighted by Crippen LogP contribution is 2.29. The predicted molar refractivity (Wildman–Crippen MR) is 77.5 cm³/mol. The molecule has 4 heteroatoms. The zero-order valence-electron chi connectivity index (χ0n) is 12.1. The summed E-state index contributed by atoms with van der Waals surface area (Å²) in [6, 6.07) is 7.75. The SMILES string of the molecule is CCOC(=O)C1CCCCN1c1ccc(C)cc1C#N. The van der Waals surface area contributed by atoms with Crippen molar-refractivity contribution in [1.29, 1.82) is 5.26 Å². The van der Waals surface area contributed by atoms with Crippen molar-refractivity contribution in [2.24, 2.45) is 0 Å². The number of carbonyl (C=O) groups excluding carboxylic acids is 1. The second-order valence-electron chi connectivity index (χ2n) is 5.09. The lowest BCUT2D eigenvalue weighted by atomic mass is 9.99. The van der Waals surface area contributed by atoms with E-state index in [1.54, 1.807) is 0 Å². The van der Waals surface area contributed by atoms with E-state index < -0.39 is 0 Å². The van der Waals surface area contributed by atoms with Crippen LogP contribution >= 0.6 is 0 Å². The Kier molecular flexibility index (Phi) is 4.62. The molecule has 0 aromatic heterocycles. The van der Waals surface area contributed by atoms with E-state index >= 15 is 0 Å². The van der Waals surface area contributed by atoms with Gasteiger partial charge in [0.15, 0.2) is 0 Å². The Morgan fingerprint density at radius 2 is 2.30 bits per heavy atom. The Bertz CT molecular complexity index is 534. The van der Waals surface area contributed by atoms with Gasteiger partial charge in [-0.25, -0.2) is 4.79 Å². The van der Waals surface area contributed by atoms with Crippen molar-refractivity contribution in [2.75, 3.05) is 18.1 Å². The first kappa shape index (κ1) is 14.4. The monoisotopic (exact) mass is 272 g/mol. The Morgan fingerprint density at radius 3 is 3.00 bits per heavy atom. The average Bonchev–Trinajstić information content (AvgIpc) is 2.47. The van der Waals surface area contributed by atoms with Gasteiger partial charge < -0.3 is 9.64 Å². The van der Waals surface area contributed by atoms with E-state index in [1.807, 2.05) is 36.9 Å². The van der Waals surface area contributed by atoms with E-state index in [1.165, 1.54) is 0 Å². The second kappa shape index (κ2) is 6.42. The lowest BCUT2D eigenvalue weighted by Gasteiger charge is -2.36. The molecule has 0 bridgehead atoms. The fourth-order valence-electron chi connectivity index (χ4n) is 2.69. The number of ether oxygens (including phenoxy) is 1. The Hall–Kier alpha value is -2.02. The summed E-state index contributed by atoms with van der Waals surface area (Å²) in [5, 5.41) is 9.31. The minimum Gasteiger partial charge on any atom is -0.464 e. The molecule has 106 valence electrons. The molecular formula is C16H20N2O2. The quantitative estimate of drug-likeness (QED) is 0.794. The van der Waals surface area contributed by atoms with Crippen LogP contribution in [0, 0.1) is 18.3 Å². The van der Waals surface area contributed by atoms with Crippen LogP contribution in [-0.2, 0) is 9.53 Å². The number of nitrogens with zero attached hydrogens (tertiary/aromatic N) is 2. The number of benzene rings is 1. The summed E-state index contributed by atoms with van der Waals surface area (Å²) in [6.45, 7) is 4.96. The van der Waals surface area contributed by atoms with Crippen molar-refractivity contribution >= 4 is 11.7 Å². The van der Waals surface area contributed by atoms with Gasteiger partial charge in [-0.05, 0) is 50.8 Å². The van der Waals surface area contributed by atoms with Gasteiger partial charge in [0.25, 0.3) is 0 Å². The molecule has 0 aliphatic carbocycles. The molecule has 0 radical (unpaired) electrons. The van der Waals surface area contributed by atoms with E-state index in [9.17, 15) is 10.1 Å². The van der Waals surface area contributed by atoms with Crippen LogP contribution < -0.4 is 4.90 Å². The van der Waals surface area contributed by atoms with Crippen LogP contribution in [0.4, 0.5) is 5.69 Å². The minimum absolute atomic E-state index is 0.184. The van der Waals surface area contributed by atoms with Gasteiger partial charge in [0, 0.05) is 6.54 Å². The first-order chi connectivity index (χ1) is 9.67. The maximum Gasteiger partial charge on any atom is 0.328 e. The van der Waals surface area contributed by atoms with Gasteiger partial charge in [-0.3, -0.25) is 0 Å². The summed E-state index contributed by atoms with van der Waals surface area (Å²) in [4.78, 5) is 14.1. The zero-order valence-corrected chi connectivity index (χ0v) is 12.1. The van der Waals surface area contributed by atoms with Crippen molar-refractivity contribution in [3.63, 3.8) is 0 Å². The molecule has 1 fully saturated rings. The molecule has 1 heterocycles. The third-order valence-corrected chi connectivity index (χ3v) is 3.64. The molecule has 1 unspecified atom stereocenters. The minimum atomic E-state index is -0.265. The third-order valence-electron chi connectivity index (χ3n) is 3.64. The first-order valence-corrected chi connectivity index (χ1v) is 7.11. The number of hydrogen-bond acceptors (Lipinski definition) is 4. The molecular weight excluding hydrogens is 252 g/mol. The van der Waals surface area contributed by atoms with E-state index in [0.717, 1.165) is 37.1 Å². The summed E-state index contributed by atoms with van der Waals surface area (Å²) in [6.07, 6.45) is 2.85. The van der Waals surface area contributed by atoms with Crippen LogP contribution in [0.2, 0.25) is 0 Å². The van der Waals surface area contributed by atoms with Crippen LogP contribution in [0.3, 0.4) is 0 Å². The van der Waals surface area contributed by atoms with E-state index in [-0.39, 0.29) is 12.0 Å². The Balaban J connectivity index is 2.33. The largest absolute Gasteiger partial charge is 0.464 e. The Labute approximate surface area is 120 Å². The fraction of sp³-hybridized carbons (Fsp3) is 0.500. The molecule has 1 atom stereocenters. The normalized spacial score (nSPS) is 18.4. The van der Waals surface area contributed by atoms with E-state index in [0.29, 0.717) is 12.2 Å². The molecule has 0 amide bonds. The van der Waals surface area contributed by atoms with Crippen molar-refractivity contribution in [2.45, 2.75) is 39.2 Å². The molecule has 0 saturated carbocycles. The Morgan fingerprint density at radius 1 is 1.50 bits per heavy atom. The number of hydrogen-bond donors (Lipinski definition) is 0. The molecule has 1 aromatic rings. The zero-order chi connectivity index (χ0) is 14.5. The fourth-order valence-corrected chi connectivity index (χ4v) is 2.69. The standard InChI is InChI=1S/C16H20N2O2/c1-3-20-16(19)15-6-4-5-9-18(15)14-8-7-12(2)10-13(14)11-17/h7-8,10,15H,3-6,9H2,1-2H3. The smallest absolute Gasteiger partial charge is 0.328 e. The van der Waals surface area contributed by atoms with E-state index in [2.05, 4.69) is 6.07 Å². The van der Waals surface area contributed by atoms with Crippen molar-refractivity contribution in [3.05, 3.63) is 29.3 Å². The molecule has 0 spiro atoms. The molecule has 1 aliphatic heterocycles. The number of aryl methyl sites for hydroxylation is 1. The number of nitriles is 1. The maximum atomic E-state index is 12.1. The van der Waals surface area contributed by atoms with Crippen LogP contribution in [0.25, 0.3) is 0 Å². The summed E-state index contributed by atoms with van der Waals surface area (Å²) < 4.78 is 5.17. The van der Waals surface area contributed by atoms with Crippen LogP contribution in [0.1, 0.15) is 37.3 Å². The van der Waals surface area contributed by atoms with Gasteiger partial charge in [-0.2, -0.15) is 5.26 Å². The molecule has 20 heavy (non-hydrogen) atoms. The predicted octanol–water partition coefficient (Wildman–Crippen LogP) is 2.79. The summed E-state index contributed by atoms with van der Waals surface area (Å²) in [5.41, 5.74) is 2.52. The van der Waals surface area contributed by atoms with Gasteiger partial charge in [0.1, 0.15) is 12.1 Å². The lowest BCUT2D eigenvalue weighted by Crippen LogP contribution is -2.46. The molecule has 4 nitrogen and oxygen atoms in total. The lowest BCUT2D eigenvalue weighted by molar-refractivity contribution is -0.145. The number of piperidine rings is 1. The molecule has 0 N–H and O–H groups in total. The number of esters is 1. The van der Waals surface area contributed by atoms with Crippen molar-refractivity contribution in [1.82, 2.24) is 0 Å². The van der Waals surface area contributed by atoms with Gasteiger partial charge in [-0.1, -0.05) is 6.07 Å². The van der Waals surface area contributed by atoms with Gasteiger partial charge in [0.05, 0.1) is 17.9 Å². The highest BCUT2D eigenvalue weighted by molar-refractivity contribution is 5.81. The highest BCUT2D eigenvalue weighted by atomic mass is 16.5. The van der Waals surface area contributed by atoms with E-state index in [4.69, 9.17) is 4.74 Å². The summed E-state index contributed by atoms with van der Waals surface area (Å²) in [7, 11) is 0. The summed E-state index contributed by atoms with van der Waals surface area (Å²) in [5.74, 6) is -0.184. The van der Waals surface area contributed by atoms with Crippen molar-refractivity contribution in [3.8, 4) is 6.07 Å². The average molecular weight is 272 g/mol. The number of rotatable bonds is 3. The first-order valence-electron chi connectivity index (χ1n) is 7.11. The van der Waals surface area contributed by atoms with Gasteiger partial charge >= 0.3 is 5.97 Å². The van der Waals surface area contributed by atoms with Gasteiger partial charge in [0.2, 0.25) is 0 Å². The molecule has 1 aromatic carbocycles. The molecule has 1 aliphatic rings. The van der Waals surface area contributed by atoms with Gasteiger partial charge in [-0.15, -0.1) is 0 Å². The van der Waals surface area contributed by atoms with Crippen LogP contribution in [0.5, 0.6) is 0 Å². The van der Waals surface area contributed by atoms with Crippen LogP contribution in [-0.4, -0.2) is 25.2 Å². The van der Waals surface area contributed by atoms with Crippen molar-refractivity contribution < 1.29 is 9.53 Å². The second-order valence-corrected chi connectivity index (χ2v) is 5.09. The number of carbonyl (C=O) groups is 1. The van der Waals surface area contributed by atoms with Crippen LogP contribution in [0.15, 0.2) is 18.2 Å². The number of anilines is 1. The summed E-state index contributed by atoms with van der Waals surface area (Å²) >= 11 is 0. The molecule has 2 rings (SSSR count). The molecule has 1 saturated heterocycles. The third kappa shape index (κ3) is 2.93. The highest BCUT2D eigenvalue weighted by Gasteiger charge is 2.31. The maximum absolute atomic E-state index is 12.1. The topological polar surface area (TPSA) is 53.3 Å².